The van der Waals surface area contributed by atoms with Gasteiger partial charge in [0, 0.05) is 9.90 Å². The number of halogens is 1. The molecule has 1 aromatic heterocycles. The number of hydrogen-bond acceptors (Lipinski definition) is 4. The Morgan fingerprint density at radius 1 is 1.11 bits per heavy atom. The number of aryl methyl sites for hydroxylation is 2. The Hall–Kier alpha value is -2.35. The van der Waals surface area contributed by atoms with E-state index in [-0.39, 0.29) is 16.3 Å². The van der Waals surface area contributed by atoms with Crippen LogP contribution < -0.4 is 10.5 Å². The van der Waals surface area contributed by atoms with E-state index in [0.29, 0.717) is 10.6 Å². The molecule has 0 radical (unpaired) electrons. The maximum atomic E-state index is 12.7. The largest absolute Gasteiger partial charge is 0.365 e. The predicted molar refractivity (Wildman–Crippen MR) is 115 cm³/mol. The number of rotatable bonds is 6. The second kappa shape index (κ2) is 7.95. The van der Waals surface area contributed by atoms with E-state index in [1.54, 1.807) is 18.2 Å². The van der Waals surface area contributed by atoms with Gasteiger partial charge in [0.05, 0.1) is 11.4 Å². The van der Waals surface area contributed by atoms with Gasteiger partial charge in [-0.05, 0) is 48.2 Å². The van der Waals surface area contributed by atoms with Gasteiger partial charge in [0.25, 0.3) is 5.91 Å². The van der Waals surface area contributed by atoms with E-state index in [9.17, 15) is 13.2 Å². The Bertz CT molecular complexity index is 1140. The van der Waals surface area contributed by atoms with Crippen LogP contribution in [0.4, 0.5) is 5.69 Å². The van der Waals surface area contributed by atoms with Gasteiger partial charge in [-0.1, -0.05) is 48.0 Å². The molecule has 0 aliphatic heterocycles. The smallest absolute Gasteiger partial charge is 0.260 e. The summed E-state index contributed by atoms with van der Waals surface area (Å²) in [6, 6.07) is 14.5. The fourth-order valence-electron chi connectivity index (χ4n) is 2.80. The molecule has 0 bridgehead atoms. The first-order chi connectivity index (χ1) is 13.2. The summed E-state index contributed by atoms with van der Waals surface area (Å²) in [6.07, 6.45) is 0. The van der Waals surface area contributed by atoms with Crippen LogP contribution >= 0.6 is 22.9 Å². The average Bonchev–Trinajstić information content (AvgIpc) is 3.03. The number of anilines is 1. The average molecular weight is 435 g/mol. The van der Waals surface area contributed by atoms with Crippen LogP contribution in [0, 0.1) is 13.8 Å². The third-order valence-corrected chi connectivity index (χ3v) is 7.07. The molecule has 0 aliphatic carbocycles. The molecule has 0 aliphatic rings. The Kier molecular flexibility index (Phi) is 5.79. The number of sulfonamides is 1. The van der Waals surface area contributed by atoms with E-state index in [1.165, 1.54) is 0 Å². The molecule has 1 amide bonds. The zero-order valence-electron chi connectivity index (χ0n) is 15.3. The summed E-state index contributed by atoms with van der Waals surface area (Å²) in [5.41, 5.74) is 8.77. The van der Waals surface area contributed by atoms with Gasteiger partial charge < -0.3 is 5.73 Å². The summed E-state index contributed by atoms with van der Waals surface area (Å²) in [4.78, 5) is 12.8. The zero-order chi connectivity index (χ0) is 20.5. The molecular formula is C20H19ClN2O3S2. The molecule has 8 heteroatoms. The van der Waals surface area contributed by atoms with E-state index in [4.69, 9.17) is 17.3 Å². The standard InChI is InChI=1S/C20H19ClN2O3S2/c1-12-9-16(21)13(2)8-15(12)11-28(25,26)23-17-10-18(27-19(17)20(22)24)14-6-4-3-5-7-14/h3-10,23H,11H2,1-2H3,(H2,22,24). The molecule has 0 saturated heterocycles. The molecule has 0 saturated carbocycles. The highest BCUT2D eigenvalue weighted by atomic mass is 35.5. The van der Waals surface area contributed by atoms with Gasteiger partial charge in [-0.25, -0.2) is 8.42 Å². The van der Waals surface area contributed by atoms with Crippen LogP contribution in [0.15, 0.2) is 48.5 Å². The van der Waals surface area contributed by atoms with Crippen molar-refractivity contribution in [3.8, 4) is 10.4 Å². The number of carbonyl (C=O) groups excluding carboxylic acids is 1. The first-order valence-electron chi connectivity index (χ1n) is 8.41. The fourth-order valence-corrected chi connectivity index (χ4v) is 5.34. The Morgan fingerprint density at radius 2 is 1.79 bits per heavy atom. The number of benzene rings is 2. The van der Waals surface area contributed by atoms with Crippen molar-refractivity contribution < 1.29 is 13.2 Å². The quantitative estimate of drug-likeness (QED) is 0.587. The lowest BCUT2D eigenvalue weighted by Gasteiger charge is -2.11. The minimum atomic E-state index is -3.76. The van der Waals surface area contributed by atoms with Crippen molar-refractivity contribution in [2.75, 3.05) is 4.72 Å². The molecule has 2 aromatic carbocycles. The predicted octanol–water partition coefficient (Wildman–Crippen LogP) is 4.73. The number of nitrogens with one attached hydrogen (secondary N) is 1. The minimum absolute atomic E-state index is 0.173. The summed E-state index contributed by atoms with van der Waals surface area (Å²) in [5, 5.41) is 0.591. The van der Waals surface area contributed by atoms with Crippen LogP contribution in [0.25, 0.3) is 10.4 Å². The zero-order valence-corrected chi connectivity index (χ0v) is 17.7. The van der Waals surface area contributed by atoms with E-state index < -0.39 is 15.9 Å². The van der Waals surface area contributed by atoms with Crippen LogP contribution in [-0.4, -0.2) is 14.3 Å². The molecule has 3 rings (SSSR count). The van der Waals surface area contributed by atoms with Crippen LogP contribution in [0.1, 0.15) is 26.4 Å². The van der Waals surface area contributed by atoms with E-state index >= 15 is 0 Å². The molecule has 1 heterocycles. The van der Waals surface area contributed by atoms with Crippen LogP contribution in [0.2, 0.25) is 5.02 Å². The number of primary amides is 1. The summed E-state index contributed by atoms with van der Waals surface area (Å²) in [7, 11) is -3.76. The lowest BCUT2D eigenvalue weighted by molar-refractivity contribution is 0.100. The molecule has 0 atom stereocenters. The molecule has 3 aromatic rings. The van der Waals surface area contributed by atoms with Crippen molar-refractivity contribution >= 4 is 44.6 Å². The molecule has 3 N–H and O–H groups in total. The van der Waals surface area contributed by atoms with Gasteiger partial charge in [0.2, 0.25) is 10.0 Å². The lowest BCUT2D eigenvalue weighted by Crippen LogP contribution is -2.18. The second-order valence-corrected chi connectivity index (χ2v) is 9.65. The van der Waals surface area contributed by atoms with Crippen molar-refractivity contribution in [1.82, 2.24) is 0 Å². The number of hydrogen-bond donors (Lipinski definition) is 2. The van der Waals surface area contributed by atoms with E-state index in [2.05, 4.69) is 4.72 Å². The Balaban J connectivity index is 1.93. The van der Waals surface area contributed by atoms with Gasteiger partial charge in [-0.15, -0.1) is 11.3 Å². The highest BCUT2D eigenvalue weighted by Gasteiger charge is 2.21. The Labute approximate surface area is 173 Å². The van der Waals surface area contributed by atoms with Crippen LogP contribution in [0.5, 0.6) is 0 Å². The van der Waals surface area contributed by atoms with Gasteiger partial charge in [-0.2, -0.15) is 0 Å². The van der Waals surface area contributed by atoms with Gasteiger partial charge in [0.1, 0.15) is 4.88 Å². The fraction of sp³-hybridized carbons (Fsp3) is 0.150. The highest BCUT2D eigenvalue weighted by molar-refractivity contribution is 7.92. The number of thiophene rings is 1. The van der Waals surface area contributed by atoms with Crippen molar-refractivity contribution in [1.29, 1.82) is 0 Å². The van der Waals surface area contributed by atoms with Crippen molar-refractivity contribution in [3.63, 3.8) is 0 Å². The maximum absolute atomic E-state index is 12.7. The van der Waals surface area contributed by atoms with Gasteiger partial charge in [-0.3, -0.25) is 9.52 Å². The van der Waals surface area contributed by atoms with Crippen molar-refractivity contribution in [3.05, 3.63) is 75.1 Å². The summed E-state index contributed by atoms with van der Waals surface area (Å²) < 4.78 is 28.0. The van der Waals surface area contributed by atoms with Crippen LogP contribution in [0.3, 0.4) is 0 Å². The monoisotopic (exact) mass is 434 g/mol. The van der Waals surface area contributed by atoms with Gasteiger partial charge >= 0.3 is 0 Å². The summed E-state index contributed by atoms with van der Waals surface area (Å²) >= 11 is 7.24. The lowest BCUT2D eigenvalue weighted by atomic mass is 10.1. The molecule has 0 fully saturated rings. The minimum Gasteiger partial charge on any atom is -0.365 e. The second-order valence-electron chi connectivity index (χ2n) is 6.47. The number of carbonyl (C=O) groups is 1. The van der Waals surface area contributed by atoms with Crippen molar-refractivity contribution in [2.24, 2.45) is 5.73 Å². The van der Waals surface area contributed by atoms with E-state index in [1.807, 2.05) is 44.2 Å². The molecule has 0 unspecified atom stereocenters. The van der Waals surface area contributed by atoms with Crippen LogP contribution in [-0.2, 0) is 15.8 Å². The first kappa shape index (κ1) is 20.4. The third-order valence-electron chi connectivity index (χ3n) is 4.24. The van der Waals surface area contributed by atoms with E-state index in [0.717, 1.165) is 32.9 Å². The molecule has 0 spiro atoms. The topological polar surface area (TPSA) is 89.3 Å². The highest BCUT2D eigenvalue weighted by Crippen LogP contribution is 2.35. The number of nitrogens with two attached hydrogens (primary N) is 1. The maximum Gasteiger partial charge on any atom is 0.260 e. The van der Waals surface area contributed by atoms with Crippen molar-refractivity contribution in [2.45, 2.75) is 19.6 Å². The molecule has 146 valence electrons. The SMILES string of the molecule is Cc1cc(CS(=O)(=O)Nc2cc(-c3ccccc3)sc2C(N)=O)c(C)cc1Cl. The molecule has 28 heavy (non-hydrogen) atoms. The first-order valence-corrected chi connectivity index (χ1v) is 11.3. The Morgan fingerprint density at radius 3 is 2.43 bits per heavy atom. The normalized spacial score (nSPS) is 11.4. The summed E-state index contributed by atoms with van der Waals surface area (Å²) in [5.74, 6) is -0.908. The summed E-state index contributed by atoms with van der Waals surface area (Å²) in [6.45, 7) is 3.63. The molecule has 5 nitrogen and oxygen atoms in total. The third kappa shape index (κ3) is 4.55. The van der Waals surface area contributed by atoms with Gasteiger partial charge in [0.15, 0.2) is 0 Å². The molecular weight excluding hydrogens is 416 g/mol. The number of amides is 1.